The van der Waals surface area contributed by atoms with Gasteiger partial charge < -0.3 is 5.32 Å². The van der Waals surface area contributed by atoms with Gasteiger partial charge in [0.25, 0.3) is 20.3 Å². The molecule has 0 saturated heterocycles. The molecule has 148 valence electrons. The minimum atomic E-state index is -4.13. The Bertz CT molecular complexity index is 1220. The number of sulfonamides is 1. The Morgan fingerprint density at radius 1 is 1.14 bits per heavy atom. The number of aromatic nitrogens is 2. The van der Waals surface area contributed by atoms with Gasteiger partial charge in [0.05, 0.1) is 11.4 Å². The standard InChI is InChI=1S/C18H15N5O4S2/c1-11-6-2-3-7-12(11)16(25)20-17-21-22-18(28-17)29(26,27)23-10-15(24)19-13-8-4-5-9-14(13)23/h2-9H,10H2,1H3,(H,19,24)(H,20,21,25). The van der Waals surface area contributed by atoms with Crippen LogP contribution in [0.25, 0.3) is 0 Å². The fraction of sp³-hybridized carbons (Fsp3) is 0.111. The number of carbonyl (C=O) groups is 2. The van der Waals surface area contributed by atoms with Gasteiger partial charge in [-0.3, -0.25) is 19.2 Å². The van der Waals surface area contributed by atoms with Crippen LogP contribution in [0.4, 0.5) is 16.5 Å². The fourth-order valence-corrected chi connectivity index (χ4v) is 5.31. The Kier molecular flexibility index (Phi) is 4.76. The molecule has 1 aromatic heterocycles. The minimum Gasteiger partial charge on any atom is -0.323 e. The van der Waals surface area contributed by atoms with E-state index in [9.17, 15) is 18.0 Å². The molecule has 1 aliphatic rings. The molecule has 29 heavy (non-hydrogen) atoms. The lowest BCUT2D eigenvalue weighted by atomic mass is 10.1. The van der Waals surface area contributed by atoms with Crippen LogP contribution in [-0.2, 0) is 14.8 Å². The molecule has 3 aromatic rings. The molecule has 0 saturated carbocycles. The molecule has 1 aliphatic heterocycles. The smallest absolute Gasteiger partial charge is 0.294 e. The van der Waals surface area contributed by atoms with Crippen LogP contribution in [0.5, 0.6) is 0 Å². The van der Waals surface area contributed by atoms with Gasteiger partial charge >= 0.3 is 0 Å². The van der Waals surface area contributed by atoms with Crippen molar-refractivity contribution in [3.8, 4) is 0 Å². The third-order valence-electron chi connectivity index (χ3n) is 4.26. The average molecular weight is 429 g/mol. The molecular weight excluding hydrogens is 414 g/mol. The number of para-hydroxylation sites is 2. The third kappa shape index (κ3) is 3.57. The summed E-state index contributed by atoms with van der Waals surface area (Å²) in [6.45, 7) is 1.42. The van der Waals surface area contributed by atoms with Crippen LogP contribution in [0.3, 0.4) is 0 Å². The van der Waals surface area contributed by atoms with Crippen molar-refractivity contribution in [1.29, 1.82) is 0 Å². The molecule has 2 aromatic carbocycles. The highest BCUT2D eigenvalue weighted by molar-refractivity contribution is 7.94. The summed E-state index contributed by atoms with van der Waals surface area (Å²) in [6.07, 6.45) is 0. The van der Waals surface area contributed by atoms with E-state index in [2.05, 4.69) is 20.8 Å². The molecule has 0 radical (unpaired) electrons. The van der Waals surface area contributed by atoms with Crippen molar-refractivity contribution in [3.63, 3.8) is 0 Å². The first kappa shape index (κ1) is 19.0. The lowest BCUT2D eigenvalue weighted by molar-refractivity contribution is -0.115. The van der Waals surface area contributed by atoms with Crippen molar-refractivity contribution in [2.45, 2.75) is 11.3 Å². The van der Waals surface area contributed by atoms with Crippen LogP contribution in [0, 0.1) is 6.92 Å². The molecule has 4 rings (SSSR count). The van der Waals surface area contributed by atoms with Crippen LogP contribution in [0.1, 0.15) is 15.9 Å². The van der Waals surface area contributed by atoms with Gasteiger partial charge in [-0.05, 0) is 30.7 Å². The van der Waals surface area contributed by atoms with Crippen molar-refractivity contribution in [3.05, 3.63) is 59.7 Å². The van der Waals surface area contributed by atoms with Crippen molar-refractivity contribution < 1.29 is 18.0 Å². The Morgan fingerprint density at radius 3 is 2.66 bits per heavy atom. The quantitative estimate of drug-likeness (QED) is 0.614. The highest BCUT2D eigenvalue weighted by Gasteiger charge is 2.35. The second kappa shape index (κ2) is 7.26. The third-order valence-corrected chi connectivity index (χ3v) is 7.21. The average Bonchev–Trinajstić information content (AvgIpc) is 3.17. The number of carbonyl (C=O) groups excluding carboxylic acids is 2. The zero-order chi connectivity index (χ0) is 20.6. The van der Waals surface area contributed by atoms with Crippen LogP contribution in [-0.4, -0.2) is 37.0 Å². The van der Waals surface area contributed by atoms with Gasteiger partial charge in [-0.25, -0.2) is 0 Å². The highest BCUT2D eigenvalue weighted by Crippen LogP contribution is 2.34. The summed E-state index contributed by atoms with van der Waals surface area (Å²) in [4.78, 5) is 24.4. The second-order valence-corrected chi connectivity index (χ2v) is 9.23. The Morgan fingerprint density at radius 2 is 1.86 bits per heavy atom. The lowest BCUT2D eigenvalue weighted by Gasteiger charge is -2.28. The van der Waals surface area contributed by atoms with E-state index in [0.717, 1.165) is 21.2 Å². The summed E-state index contributed by atoms with van der Waals surface area (Å²) in [5.41, 5.74) is 1.96. The van der Waals surface area contributed by atoms with Gasteiger partial charge in [0.15, 0.2) is 0 Å². The SMILES string of the molecule is Cc1ccccc1C(=O)Nc1nnc(S(=O)(=O)N2CC(=O)Nc3ccccc32)s1. The number of amides is 2. The summed E-state index contributed by atoms with van der Waals surface area (Å²) in [7, 11) is -4.13. The number of hydrogen-bond donors (Lipinski definition) is 2. The van der Waals surface area contributed by atoms with Crippen molar-refractivity contribution >= 4 is 49.7 Å². The van der Waals surface area contributed by atoms with Crippen LogP contribution in [0.2, 0.25) is 0 Å². The number of anilines is 3. The Labute approximate surface area is 170 Å². The molecule has 2 amide bonds. The fourth-order valence-electron chi connectivity index (χ4n) is 2.87. The highest BCUT2D eigenvalue weighted by atomic mass is 32.2. The molecule has 0 aliphatic carbocycles. The van der Waals surface area contributed by atoms with E-state index in [1.807, 2.05) is 6.07 Å². The number of aryl methyl sites for hydroxylation is 1. The number of benzene rings is 2. The van der Waals surface area contributed by atoms with Gasteiger partial charge in [0.1, 0.15) is 6.54 Å². The number of hydrogen-bond acceptors (Lipinski definition) is 7. The summed E-state index contributed by atoms with van der Waals surface area (Å²) in [5.74, 6) is -0.865. The molecule has 9 nitrogen and oxygen atoms in total. The van der Waals surface area contributed by atoms with Gasteiger partial charge in [-0.1, -0.05) is 41.7 Å². The minimum absolute atomic E-state index is 0.0478. The number of fused-ring (bicyclic) bond motifs is 1. The van der Waals surface area contributed by atoms with E-state index in [4.69, 9.17) is 0 Å². The van der Waals surface area contributed by atoms with Gasteiger partial charge in [0.2, 0.25) is 11.0 Å². The molecule has 0 atom stereocenters. The van der Waals surface area contributed by atoms with E-state index in [-0.39, 0.29) is 16.0 Å². The molecule has 0 spiro atoms. The van der Waals surface area contributed by atoms with Crippen LogP contribution < -0.4 is 14.9 Å². The summed E-state index contributed by atoms with van der Waals surface area (Å²) in [6, 6.07) is 13.6. The lowest BCUT2D eigenvalue weighted by Crippen LogP contribution is -2.42. The van der Waals surface area contributed by atoms with Crippen molar-refractivity contribution in [1.82, 2.24) is 10.2 Å². The monoisotopic (exact) mass is 429 g/mol. The summed E-state index contributed by atoms with van der Waals surface area (Å²) in [5, 5.41) is 12.7. The van der Waals surface area contributed by atoms with E-state index in [1.165, 1.54) is 0 Å². The predicted molar refractivity (Wildman–Crippen MR) is 109 cm³/mol. The van der Waals surface area contributed by atoms with E-state index in [0.29, 0.717) is 16.9 Å². The Hall–Kier alpha value is -3.31. The number of nitrogens with zero attached hydrogens (tertiary/aromatic N) is 3. The molecule has 0 bridgehead atoms. The molecule has 0 fully saturated rings. The zero-order valence-electron chi connectivity index (χ0n) is 15.1. The zero-order valence-corrected chi connectivity index (χ0v) is 16.8. The molecule has 0 unspecified atom stereocenters. The van der Waals surface area contributed by atoms with Crippen molar-refractivity contribution in [2.24, 2.45) is 0 Å². The molecule has 2 N–H and O–H groups in total. The Balaban J connectivity index is 1.62. The van der Waals surface area contributed by atoms with E-state index >= 15 is 0 Å². The van der Waals surface area contributed by atoms with Gasteiger partial charge in [0, 0.05) is 5.56 Å². The van der Waals surface area contributed by atoms with E-state index < -0.39 is 21.8 Å². The normalized spacial score (nSPS) is 13.6. The van der Waals surface area contributed by atoms with Gasteiger partial charge in [-0.2, -0.15) is 8.42 Å². The number of nitrogens with one attached hydrogen (secondary N) is 2. The largest absolute Gasteiger partial charge is 0.323 e. The maximum absolute atomic E-state index is 13.1. The first-order chi connectivity index (χ1) is 13.9. The first-order valence-electron chi connectivity index (χ1n) is 8.48. The molecule has 11 heteroatoms. The molecular formula is C18H15N5O4S2. The maximum atomic E-state index is 13.1. The van der Waals surface area contributed by atoms with E-state index in [1.54, 1.807) is 49.4 Å². The number of rotatable bonds is 4. The second-order valence-electron chi connectivity index (χ2n) is 6.22. The topological polar surface area (TPSA) is 121 Å². The molecule has 2 heterocycles. The summed E-state index contributed by atoms with van der Waals surface area (Å²) >= 11 is 0.723. The van der Waals surface area contributed by atoms with Crippen LogP contribution >= 0.6 is 11.3 Å². The van der Waals surface area contributed by atoms with Crippen LogP contribution in [0.15, 0.2) is 52.9 Å². The first-order valence-corrected chi connectivity index (χ1v) is 10.7. The summed E-state index contributed by atoms with van der Waals surface area (Å²) < 4.78 is 26.8. The maximum Gasteiger partial charge on any atom is 0.294 e. The van der Waals surface area contributed by atoms with Gasteiger partial charge in [-0.15, -0.1) is 10.2 Å². The van der Waals surface area contributed by atoms with Crippen molar-refractivity contribution in [2.75, 3.05) is 21.5 Å². The predicted octanol–water partition coefficient (Wildman–Crippen LogP) is 2.25.